The van der Waals surface area contributed by atoms with Gasteiger partial charge in [0.25, 0.3) is 0 Å². The van der Waals surface area contributed by atoms with E-state index in [1.165, 1.54) is 25.8 Å². The average Bonchev–Trinajstić information content (AvgIpc) is 2.31. The molecule has 92 valence electrons. The van der Waals surface area contributed by atoms with Crippen molar-refractivity contribution in [3.8, 4) is 0 Å². The Morgan fingerprint density at radius 2 is 1.33 bits per heavy atom. The average molecular weight is 214 g/mol. The summed E-state index contributed by atoms with van der Waals surface area (Å²) < 4.78 is 0. The second-order valence-corrected chi connectivity index (χ2v) is 4.29. The Bertz CT molecular complexity index is 129. The quantitative estimate of drug-likeness (QED) is 0.635. The first-order valence-electron chi connectivity index (χ1n) is 6.65. The van der Waals surface area contributed by atoms with Gasteiger partial charge in [0.2, 0.25) is 0 Å². The maximum Gasteiger partial charge on any atom is 0.0174 e. The van der Waals surface area contributed by atoms with Gasteiger partial charge in [0.05, 0.1) is 0 Å². The summed E-state index contributed by atoms with van der Waals surface area (Å²) in [6.45, 7) is 16.0. The van der Waals surface area contributed by atoms with Gasteiger partial charge < -0.3 is 10.2 Å². The molecule has 0 aromatic rings. The highest BCUT2D eigenvalue weighted by atomic mass is 15.1. The molecule has 0 aliphatic carbocycles. The molecule has 2 nitrogen and oxygen atoms in total. The molecule has 0 aliphatic rings. The molecule has 1 N–H and O–H groups in total. The van der Waals surface area contributed by atoms with E-state index < -0.39 is 0 Å². The minimum Gasteiger partial charge on any atom is -0.310 e. The number of hydrogen-bond donors (Lipinski definition) is 1. The summed E-state index contributed by atoms with van der Waals surface area (Å²) in [7, 11) is 0. The molecule has 0 fully saturated rings. The van der Waals surface area contributed by atoms with Gasteiger partial charge in [0.15, 0.2) is 0 Å². The van der Waals surface area contributed by atoms with Crippen LogP contribution in [0.5, 0.6) is 0 Å². The van der Waals surface area contributed by atoms with Crippen molar-refractivity contribution in [3.63, 3.8) is 0 Å². The third-order valence-electron chi connectivity index (χ3n) is 3.85. The van der Waals surface area contributed by atoms with E-state index in [4.69, 9.17) is 0 Å². The molecule has 0 rings (SSSR count). The number of hydrogen-bond acceptors (Lipinski definition) is 2. The van der Waals surface area contributed by atoms with Gasteiger partial charge in [-0.3, -0.25) is 0 Å². The second-order valence-electron chi connectivity index (χ2n) is 4.29. The Morgan fingerprint density at radius 1 is 0.867 bits per heavy atom. The van der Waals surface area contributed by atoms with E-state index in [9.17, 15) is 0 Å². The first kappa shape index (κ1) is 14.9. The van der Waals surface area contributed by atoms with Crippen LogP contribution in [0.4, 0.5) is 0 Å². The molecule has 0 saturated heterocycles. The summed E-state index contributed by atoms with van der Waals surface area (Å²) in [6, 6.07) is 0. The molecule has 2 heteroatoms. The van der Waals surface area contributed by atoms with Gasteiger partial charge in [-0.15, -0.1) is 0 Å². The zero-order valence-corrected chi connectivity index (χ0v) is 11.4. The predicted molar refractivity (Wildman–Crippen MR) is 69.4 cm³/mol. The van der Waals surface area contributed by atoms with Gasteiger partial charge in [-0.25, -0.2) is 0 Å². The molecule has 0 atom stereocenters. The lowest BCUT2D eigenvalue weighted by molar-refractivity contribution is 0.249. The van der Waals surface area contributed by atoms with E-state index in [0.29, 0.717) is 5.54 Å². The molecule has 0 aromatic heterocycles. The normalized spacial score (nSPS) is 12.4. The predicted octanol–water partition coefficient (Wildman–Crippen LogP) is 2.89. The summed E-state index contributed by atoms with van der Waals surface area (Å²) >= 11 is 0. The summed E-state index contributed by atoms with van der Waals surface area (Å²) in [5.41, 5.74) is 0.382. The Balaban J connectivity index is 3.89. The molecule has 0 radical (unpaired) electrons. The van der Waals surface area contributed by atoms with Crippen molar-refractivity contribution in [2.24, 2.45) is 0 Å². The highest BCUT2D eigenvalue weighted by Crippen LogP contribution is 2.18. The van der Waals surface area contributed by atoms with Crippen LogP contribution < -0.4 is 5.32 Å². The Labute approximate surface area is 96.4 Å². The Morgan fingerprint density at radius 3 is 1.67 bits per heavy atom. The summed E-state index contributed by atoms with van der Waals surface area (Å²) in [4.78, 5) is 2.47. The minimum atomic E-state index is 0.382. The van der Waals surface area contributed by atoms with Crippen molar-refractivity contribution in [2.75, 3.05) is 26.2 Å². The Kier molecular flexibility index (Phi) is 8.07. The van der Waals surface area contributed by atoms with Gasteiger partial charge >= 0.3 is 0 Å². The first-order valence-corrected chi connectivity index (χ1v) is 6.65. The third kappa shape index (κ3) is 4.98. The van der Waals surface area contributed by atoms with Gasteiger partial charge in [0.1, 0.15) is 0 Å². The fourth-order valence-electron chi connectivity index (χ4n) is 2.14. The second kappa shape index (κ2) is 8.12. The fourth-order valence-corrected chi connectivity index (χ4v) is 2.14. The molecule has 0 heterocycles. The molecule has 15 heavy (non-hydrogen) atoms. The number of nitrogens with zero attached hydrogens (tertiary/aromatic N) is 1. The lowest BCUT2D eigenvalue weighted by atomic mass is 9.90. The van der Waals surface area contributed by atoms with E-state index >= 15 is 0 Å². The van der Waals surface area contributed by atoms with Crippen LogP contribution in [0.25, 0.3) is 0 Å². The van der Waals surface area contributed by atoms with E-state index in [1.807, 2.05) is 0 Å². The van der Waals surface area contributed by atoms with Gasteiger partial charge in [0, 0.05) is 18.6 Å². The van der Waals surface area contributed by atoms with E-state index in [0.717, 1.165) is 19.6 Å². The highest BCUT2D eigenvalue weighted by molar-refractivity contribution is 4.83. The SMILES string of the molecule is CCN(CC)CCNC(CC)(CC)CC. The molecule has 0 aromatic carbocycles. The summed E-state index contributed by atoms with van der Waals surface area (Å²) in [5, 5.41) is 3.74. The molecule has 0 spiro atoms. The van der Waals surface area contributed by atoms with Crippen LogP contribution in [-0.4, -0.2) is 36.6 Å². The van der Waals surface area contributed by atoms with Gasteiger partial charge in [-0.05, 0) is 32.4 Å². The maximum absolute atomic E-state index is 3.74. The van der Waals surface area contributed by atoms with E-state index in [-0.39, 0.29) is 0 Å². The molecule has 0 amide bonds. The standard InChI is InChI=1S/C13H30N2/c1-6-13(7-2,8-3)14-11-12-15(9-4)10-5/h14H,6-12H2,1-5H3. The molecular formula is C13H30N2. The third-order valence-corrected chi connectivity index (χ3v) is 3.85. The van der Waals surface area contributed by atoms with Crippen molar-refractivity contribution in [2.45, 2.75) is 59.4 Å². The zero-order valence-electron chi connectivity index (χ0n) is 11.4. The summed E-state index contributed by atoms with van der Waals surface area (Å²) in [6.07, 6.45) is 3.70. The zero-order chi connectivity index (χ0) is 11.7. The topological polar surface area (TPSA) is 15.3 Å². The van der Waals surface area contributed by atoms with Gasteiger partial charge in [-0.2, -0.15) is 0 Å². The molecule has 0 aliphatic heterocycles. The largest absolute Gasteiger partial charge is 0.310 e. The molecule has 0 bridgehead atoms. The minimum absolute atomic E-state index is 0.382. The highest BCUT2D eigenvalue weighted by Gasteiger charge is 2.22. The van der Waals surface area contributed by atoms with Crippen LogP contribution in [-0.2, 0) is 0 Å². The van der Waals surface area contributed by atoms with Crippen LogP contribution >= 0.6 is 0 Å². The van der Waals surface area contributed by atoms with Crippen molar-refractivity contribution < 1.29 is 0 Å². The fraction of sp³-hybridized carbons (Fsp3) is 1.00. The Hall–Kier alpha value is -0.0800. The van der Waals surface area contributed by atoms with Crippen LogP contribution in [0.1, 0.15) is 53.9 Å². The van der Waals surface area contributed by atoms with E-state index in [2.05, 4.69) is 44.8 Å². The molecular weight excluding hydrogens is 184 g/mol. The van der Waals surface area contributed by atoms with Crippen molar-refractivity contribution in [1.82, 2.24) is 10.2 Å². The van der Waals surface area contributed by atoms with Crippen molar-refractivity contribution in [3.05, 3.63) is 0 Å². The lowest BCUT2D eigenvalue weighted by Gasteiger charge is -2.33. The van der Waals surface area contributed by atoms with Gasteiger partial charge in [-0.1, -0.05) is 34.6 Å². The molecule has 0 saturated carbocycles. The lowest BCUT2D eigenvalue weighted by Crippen LogP contribution is -2.46. The van der Waals surface area contributed by atoms with Crippen LogP contribution in [0.2, 0.25) is 0 Å². The first-order chi connectivity index (χ1) is 7.17. The number of nitrogens with one attached hydrogen (secondary N) is 1. The molecule has 0 unspecified atom stereocenters. The van der Waals surface area contributed by atoms with Crippen molar-refractivity contribution >= 4 is 0 Å². The smallest absolute Gasteiger partial charge is 0.0174 e. The summed E-state index contributed by atoms with van der Waals surface area (Å²) in [5.74, 6) is 0. The van der Waals surface area contributed by atoms with E-state index in [1.54, 1.807) is 0 Å². The number of rotatable bonds is 9. The van der Waals surface area contributed by atoms with Crippen LogP contribution in [0, 0.1) is 0 Å². The maximum atomic E-state index is 3.74. The van der Waals surface area contributed by atoms with Crippen LogP contribution in [0.15, 0.2) is 0 Å². The van der Waals surface area contributed by atoms with Crippen molar-refractivity contribution in [1.29, 1.82) is 0 Å². The number of likely N-dealkylation sites (N-methyl/N-ethyl adjacent to an activating group) is 1. The monoisotopic (exact) mass is 214 g/mol. The van der Waals surface area contributed by atoms with Crippen LogP contribution in [0.3, 0.4) is 0 Å².